The molecule has 6 heteroatoms. The van der Waals surface area contributed by atoms with Crippen molar-refractivity contribution >= 4 is 11.7 Å². The minimum absolute atomic E-state index is 0.0113. The highest BCUT2D eigenvalue weighted by Gasteiger charge is 2.26. The van der Waals surface area contributed by atoms with Crippen LogP contribution in [0.5, 0.6) is 11.5 Å². The fraction of sp³-hybridized carbons (Fsp3) is 0.235. The zero-order valence-electron chi connectivity index (χ0n) is 12.4. The molecule has 1 aliphatic rings. The summed E-state index contributed by atoms with van der Waals surface area (Å²) in [6.07, 6.45) is -0.000615. The van der Waals surface area contributed by atoms with E-state index in [2.05, 4.69) is 5.32 Å². The summed E-state index contributed by atoms with van der Waals surface area (Å²) in [6.45, 7) is 0.686. The third-order valence-electron chi connectivity index (χ3n) is 3.63. The van der Waals surface area contributed by atoms with Crippen molar-refractivity contribution in [2.45, 2.75) is 12.5 Å². The number of benzene rings is 2. The molecule has 2 aromatic rings. The van der Waals surface area contributed by atoms with Gasteiger partial charge in [-0.05, 0) is 30.7 Å². The average molecular weight is 316 g/mol. The molecule has 2 aromatic carbocycles. The van der Waals surface area contributed by atoms with Gasteiger partial charge >= 0.3 is 6.03 Å². The lowest BCUT2D eigenvalue weighted by atomic mass is 10.2. The zero-order valence-corrected chi connectivity index (χ0v) is 12.4. The molecule has 0 aliphatic carbocycles. The number of likely N-dealkylation sites (tertiary alicyclic amines) is 1. The molecule has 1 fully saturated rings. The molecular weight excluding hydrogens is 299 g/mol. The molecule has 23 heavy (non-hydrogen) atoms. The first-order valence-electron chi connectivity index (χ1n) is 7.39. The van der Waals surface area contributed by atoms with E-state index in [-0.39, 0.29) is 18.0 Å². The second-order valence-corrected chi connectivity index (χ2v) is 5.35. The summed E-state index contributed by atoms with van der Waals surface area (Å²) in [5.74, 6) is 0.195. The van der Waals surface area contributed by atoms with E-state index in [4.69, 9.17) is 4.74 Å². The fourth-order valence-electron chi connectivity index (χ4n) is 2.44. The third-order valence-corrected chi connectivity index (χ3v) is 3.63. The van der Waals surface area contributed by atoms with Crippen molar-refractivity contribution in [1.29, 1.82) is 0 Å². The van der Waals surface area contributed by atoms with Crippen LogP contribution in [0.2, 0.25) is 0 Å². The molecule has 2 amide bonds. The monoisotopic (exact) mass is 316 g/mol. The van der Waals surface area contributed by atoms with Gasteiger partial charge < -0.3 is 20.1 Å². The first kappa shape index (κ1) is 15.3. The SMILES string of the molecule is O=C(Nc1c(F)cccc1Oc1ccccc1)N1CC[C@H](O)C1. The highest BCUT2D eigenvalue weighted by Crippen LogP contribution is 2.32. The van der Waals surface area contributed by atoms with Gasteiger partial charge in [-0.1, -0.05) is 24.3 Å². The lowest BCUT2D eigenvalue weighted by Crippen LogP contribution is -2.34. The molecule has 0 aromatic heterocycles. The van der Waals surface area contributed by atoms with Crippen LogP contribution in [0.4, 0.5) is 14.9 Å². The predicted molar refractivity (Wildman–Crippen MR) is 84.1 cm³/mol. The fourth-order valence-corrected chi connectivity index (χ4v) is 2.44. The van der Waals surface area contributed by atoms with Crippen LogP contribution in [0, 0.1) is 5.82 Å². The summed E-state index contributed by atoms with van der Waals surface area (Å²) in [5.41, 5.74) is -0.0113. The maximum atomic E-state index is 14.1. The van der Waals surface area contributed by atoms with Gasteiger partial charge in [0, 0.05) is 13.1 Å². The van der Waals surface area contributed by atoms with Crippen molar-refractivity contribution in [3.05, 3.63) is 54.3 Å². The van der Waals surface area contributed by atoms with E-state index < -0.39 is 18.0 Å². The topological polar surface area (TPSA) is 61.8 Å². The second-order valence-electron chi connectivity index (χ2n) is 5.35. The van der Waals surface area contributed by atoms with Gasteiger partial charge in [0.2, 0.25) is 0 Å². The summed E-state index contributed by atoms with van der Waals surface area (Å²) < 4.78 is 19.8. The third kappa shape index (κ3) is 3.60. The highest BCUT2D eigenvalue weighted by molar-refractivity contribution is 5.91. The largest absolute Gasteiger partial charge is 0.455 e. The number of β-amino-alcohol motifs (C(OH)–C–C–N with tert-alkyl or cyclic N) is 1. The molecule has 2 N–H and O–H groups in total. The maximum absolute atomic E-state index is 14.1. The Balaban J connectivity index is 1.79. The van der Waals surface area contributed by atoms with Gasteiger partial charge in [-0.25, -0.2) is 9.18 Å². The standard InChI is InChI=1S/C17H17FN2O3/c18-14-7-4-8-15(23-13-5-2-1-3-6-13)16(14)19-17(22)20-10-9-12(21)11-20/h1-8,12,21H,9-11H2,(H,19,22)/t12-/m0/s1. The first-order valence-corrected chi connectivity index (χ1v) is 7.39. The molecule has 0 radical (unpaired) electrons. The van der Waals surface area contributed by atoms with E-state index in [1.54, 1.807) is 30.3 Å². The predicted octanol–water partition coefficient (Wildman–Crippen LogP) is 3.22. The van der Waals surface area contributed by atoms with E-state index in [0.29, 0.717) is 18.7 Å². The van der Waals surface area contributed by atoms with Crippen LogP contribution in [0.3, 0.4) is 0 Å². The quantitative estimate of drug-likeness (QED) is 0.914. The van der Waals surface area contributed by atoms with Gasteiger partial charge in [0.15, 0.2) is 11.6 Å². The first-order chi connectivity index (χ1) is 11.1. The van der Waals surface area contributed by atoms with Gasteiger partial charge in [0.05, 0.1) is 6.10 Å². The summed E-state index contributed by atoms with van der Waals surface area (Å²) in [5, 5.41) is 12.0. The molecule has 1 heterocycles. The summed E-state index contributed by atoms with van der Waals surface area (Å²) in [4.78, 5) is 13.6. The number of rotatable bonds is 3. The van der Waals surface area contributed by atoms with E-state index in [0.717, 1.165) is 0 Å². The number of nitrogens with one attached hydrogen (secondary N) is 1. The van der Waals surface area contributed by atoms with E-state index >= 15 is 0 Å². The van der Waals surface area contributed by atoms with Crippen LogP contribution in [0.15, 0.2) is 48.5 Å². The number of halogens is 1. The van der Waals surface area contributed by atoms with Gasteiger partial charge in [-0.3, -0.25) is 0 Å². The molecule has 5 nitrogen and oxygen atoms in total. The molecule has 120 valence electrons. The lowest BCUT2D eigenvalue weighted by Gasteiger charge is -2.18. The van der Waals surface area contributed by atoms with Gasteiger partial charge in [0.1, 0.15) is 11.4 Å². The molecule has 1 atom stereocenters. The van der Waals surface area contributed by atoms with Crippen LogP contribution in [0.25, 0.3) is 0 Å². The minimum atomic E-state index is -0.577. The van der Waals surface area contributed by atoms with Crippen LogP contribution in [0.1, 0.15) is 6.42 Å². The number of aliphatic hydroxyl groups excluding tert-OH is 1. The van der Waals surface area contributed by atoms with Crippen molar-refractivity contribution < 1.29 is 19.0 Å². The van der Waals surface area contributed by atoms with Gasteiger partial charge in [0.25, 0.3) is 0 Å². The lowest BCUT2D eigenvalue weighted by molar-refractivity contribution is 0.176. The van der Waals surface area contributed by atoms with Crippen LogP contribution >= 0.6 is 0 Å². The molecule has 0 spiro atoms. The number of para-hydroxylation sites is 2. The molecule has 0 unspecified atom stereocenters. The molecule has 1 saturated heterocycles. The van der Waals surface area contributed by atoms with Crippen LogP contribution in [-0.2, 0) is 0 Å². The Labute approximate surface area is 133 Å². The average Bonchev–Trinajstić information content (AvgIpc) is 2.98. The van der Waals surface area contributed by atoms with E-state index in [1.807, 2.05) is 6.07 Å². The number of hydrogen-bond donors (Lipinski definition) is 2. The molecule has 0 saturated carbocycles. The molecule has 1 aliphatic heterocycles. The minimum Gasteiger partial charge on any atom is -0.455 e. The van der Waals surface area contributed by atoms with Gasteiger partial charge in [-0.15, -0.1) is 0 Å². The normalized spacial score (nSPS) is 17.1. The van der Waals surface area contributed by atoms with E-state index in [9.17, 15) is 14.3 Å². The number of carbonyl (C=O) groups excluding carboxylic acids is 1. The molecule has 3 rings (SSSR count). The Morgan fingerprint density at radius 1 is 1.22 bits per heavy atom. The summed E-state index contributed by atoms with van der Waals surface area (Å²) >= 11 is 0. The number of nitrogens with zero attached hydrogens (tertiary/aromatic N) is 1. The maximum Gasteiger partial charge on any atom is 0.322 e. The van der Waals surface area contributed by atoms with E-state index in [1.165, 1.54) is 17.0 Å². The molecule has 0 bridgehead atoms. The Bertz CT molecular complexity index is 693. The number of anilines is 1. The smallest absolute Gasteiger partial charge is 0.322 e. The molecular formula is C17H17FN2O3. The number of urea groups is 1. The van der Waals surface area contributed by atoms with Crippen LogP contribution < -0.4 is 10.1 Å². The van der Waals surface area contributed by atoms with Crippen LogP contribution in [-0.4, -0.2) is 35.2 Å². The van der Waals surface area contributed by atoms with Crippen molar-refractivity contribution in [3.63, 3.8) is 0 Å². The summed E-state index contributed by atoms with van der Waals surface area (Å²) in [6, 6.07) is 12.8. The Kier molecular flexibility index (Phi) is 4.43. The van der Waals surface area contributed by atoms with Gasteiger partial charge in [-0.2, -0.15) is 0 Å². The number of amides is 2. The highest BCUT2D eigenvalue weighted by atomic mass is 19.1. The Hall–Kier alpha value is -2.60. The number of hydrogen-bond acceptors (Lipinski definition) is 3. The number of aliphatic hydroxyl groups is 1. The van der Waals surface area contributed by atoms with Crippen molar-refractivity contribution in [2.24, 2.45) is 0 Å². The zero-order chi connectivity index (χ0) is 16.2. The summed E-state index contributed by atoms with van der Waals surface area (Å²) in [7, 11) is 0. The van der Waals surface area contributed by atoms with Crippen molar-refractivity contribution in [1.82, 2.24) is 4.90 Å². The Morgan fingerprint density at radius 3 is 2.70 bits per heavy atom. The number of carbonyl (C=O) groups is 1. The second kappa shape index (κ2) is 6.66. The number of ether oxygens (including phenoxy) is 1. The Morgan fingerprint density at radius 2 is 2.00 bits per heavy atom. The van der Waals surface area contributed by atoms with Crippen molar-refractivity contribution in [2.75, 3.05) is 18.4 Å². The van der Waals surface area contributed by atoms with Crippen molar-refractivity contribution in [3.8, 4) is 11.5 Å².